The van der Waals surface area contributed by atoms with Gasteiger partial charge in [0.15, 0.2) is 9.84 Å². The molecule has 1 heterocycles. The number of rotatable bonds is 8. The van der Waals surface area contributed by atoms with Crippen LogP contribution in [0.2, 0.25) is 0 Å². The Morgan fingerprint density at radius 3 is 2.11 bits per heavy atom. The molecule has 4 rings (SSSR count). The van der Waals surface area contributed by atoms with Crippen LogP contribution in [-0.2, 0) is 19.9 Å². The number of halogens is 3. The predicted molar refractivity (Wildman–Crippen MR) is 124 cm³/mol. The molecule has 0 N–H and O–H groups in total. The predicted octanol–water partition coefficient (Wildman–Crippen LogP) is 4.86. The highest BCUT2D eigenvalue weighted by Gasteiger charge is 2.43. The molecule has 2 aromatic carbocycles. The van der Waals surface area contributed by atoms with Crippen molar-refractivity contribution in [3.63, 3.8) is 0 Å². The third-order valence-corrected chi connectivity index (χ3v) is 10.9. The number of ether oxygens (including phenoxy) is 1. The van der Waals surface area contributed by atoms with Gasteiger partial charge in [0, 0.05) is 13.1 Å². The first-order valence-corrected chi connectivity index (χ1v) is 14.6. The smallest absolute Gasteiger partial charge is 0.387 e. The fourth-order valence-corrected chi connectivity index (χ4v) is 8.12. The van der Waals surface area contributed by atoms with Crippen molar-refractivity contribution in [1.29, 1.82) is 0 Å². The fourth-order valence-electron chi connectivity index (χ4n) is 5.25. The average Bonchev–Trinajstić information content (AvgIpc) is 3.21. The van der Waals surface area contributed by atoms with E-state index in [1.54, 1.807) is 0 Å². The summed E-state index contributed by atoms with van der Waals surface area (Å²) in [5.41, 5.74) is 0.00524. The van der Waals surface area contributed by atoms with E-state index in [2.05, 4.69) is 4.74 Å². The molecule has 1 atom stereocenters. The molecule has 192 valence electrons. The number of hydrogen-bond donors (Lipinski definition) is 0. The molecule has 0 radical (unpaired) electrons. The maximum atomic E-state index is 13.1. The van der Waals surface area contributed by atoms with E-state index in [1.165, 1.54) is 40.7 Å². The summed E-state index contributed by atoms with van der Waals surface area (Å²) in [5, 5.41) is 0. The highest BCUT2D eigenvalue weighted by molar-refractivity contribution is 7.91. The molecule has 35 heavy (non-hydrogen) atoms. The topological polar surface area (TPSA) is 80.8 Å². The van der Waals surface area contributed by atoms with Gasteiger partial charge in [-0.05, 0) is 98.4 Å². The van der Waals surface area contributed by atoms with Crippen LogP contribution in [0, 0.1) is 17.2 Å². The molecular formula is C24H28F3NO5S2. The van der Waals surface area contributed by atoms with Crippen LogP contribution in [0.5, 0.6) is 5.75 Å². The standard InChI is InChI=1S/C24H28F3NO5S2/c25-19-1-5-21(6-2-19)34(29,30)16-10-18-9-11-24(17-18)12-14-28(15-13-24)35(31,32)22-7-3-20(4-8-22)33-23(26)27/h1-8,18,23H,9-17H2. The van der Waals surface area contributed by atoms with Crippen LogP contribution in [-0.4, -0.2) is 46.6 Å². The minimum Gasteiger partial charge on any atom is -0.435 e. The zero-order valence-corrected chi connectivity index (χ0v) is 20.7. The third-order valence-electron chi connectivity index (χ3n) is 7.24. The van der Waals surface area contributed by atoms with Gasteiger partial charge in [0.05, 0.1) is 15.5 Å². The van der Waals surface area contributed by atoms with Crippen LogP contribution < -0.4 is 4.74 Å². The van der Waals surface area contributed by atoms with Crippen molar-refractivity contribution >= 4 is 19.9 Å². The second kappa shape index (κ2) is 10.1. The Kier molecular flexibility index (Phi) is 7.49. The van der Waals surface area contributed by atoms with Crippen molar-refractivity contribution in [3.05, 3.63) is 54.3 Å². The molecular weight excluding hydrogens is 503 g/mol. The minimum absolute atomic E-state index is 0.00511. The largest absolute Gasteiger partial charge is 0.435 e. The number of benzene rings is 2. The minimum atomic E-state index is -3.75. The monoisotopic (exact) mass is 531 g/mol. The van der Waals surface area contributed by atoms with E-state index in [-0.39, 0.29) is 32.6 Å². The quantitative estimate of drug-likeness (QED) is 0.455. The van der Waals surface area contributed by atoms with Crippen LogP contribution in [0.4, 0.5) is 13.2 Å². The Bertz CT molecular complexity index is 1220. The van der Waals surface area contributed by atoms with E-state index in [0.29, 0.717) is 32.4 Å². The van der Waals surface area contributed by atoms with E-state index in [1.807, 2.05) is 0 Å². The van der Waals surface area contributed by atoms with Gasteiger partial charge in [-0.25, -0.2) is 21.2 Å². The van der Waals surface area contributed by atoms with Gasteiger partial charge >= 0.3 is 6.61 Å². The molecule has 6 nitrogen and oxygen atoms in total. The van der Waals surface area contributed by atoms with Crippen molar-refractivity contribution < 1.29 is 34.7 Å². The molecule has 1 aliphatic carbocycles. The molecule has 2 fully saturated rings. The Morgan fingerprint density at radius 2 is 1.51 bits per heavy atom. The summed E-state index contributed by atoms with van der Waals surface area (Å²) in [6.07, 6.45) is 4.61. The van der Waals surface area contributed by atoms with Crippen LogP contribution in [0.25, 0.3) is 0 Å². The van der Waals surface area contributed by atoms with E-state index in [0.717, 1.165) is 31.4 Å². The number of hydrogen-bond acceptors (Lipinski definition) is 5. The molecule has 1 unspecified atom stereocenters. The maximum Gasteiger partial charge on any atom is 0.387 e. The molecule has 1 spiro atoms. The number of nitrogens with zero attached hydrogens (tertiary/aromatic N) is 1. The molecule has 11 heteroatoms. The Morgan fingerprint density at radius 1 is 0.914 bits per heavy atom. The van der Waals surface area contributed by atoms with E-state index in [9.17, 15) is 30.0 Å². The molecule has 0 amide bonds. The van der Waals surface area contributed by atoms with Crippen molar-refractivity contribution in [2.45, 2.75) is 54.9 Å². The van der Waals surface area contributed by atoms with Gasteiger partial charge in [-0.15, -0.1) is 0 Å². The Hall–Kier alpha value is -2.11. The van der Waals surface area contributed by atoms with Crippen LogP contribution in [0.15, 0.2) is 58.3 Å². The summed E-state index contributed by atoms with van der Waals surface area (Å²) in [6, 6.07) is 9.83. The van der Waals surface area contributed by atoms with Gasteiger partial charge in [-0.3, -0.25) is 0 Å². The highest BCUT2D eigenvalue weighted by Crippen LogP contribution is 2.50. The lowest BCUT2D eigenvalue weighted by molar-refractivity contribution is -0.0498. The van der Waals surface area contributed by atoms with Crippen molar-refractivity contribution in [1.82, 2.24) is 4.31 Å². The van der Waals surface area contributed by atoms with Crippen LogP contribution in [0.1, 0.15) is 38.5 Å². The molecule has 2 aromatic rings. The van der Waals surface area contributed by atoms with Crippen molar-refractivity contribution in [2.24, 2.45) is 11.3 Å². The zero-order valence-electron chi connectivity index (χ0n) is 19.1. The maximum absolute atomic E-state index is 13.1. The van der Waals surface area contributed by atoms with Gasteiger partial charge in [0.25, 0.3) is 0 Å². The lowest BCUT2D eigenvalue weighted by atomic mass is 9.77. The number of sulfonamides is 1. The van der Waals surface area contributed by atoms with Crippen LogP contribution in [0.3, 0.4) is 0 Å². The number of sulfone groups is 1. The van der Waals surface area contributed by atoms with E-state index < -0.39 is 32.3 Å². The van der Waals surface area contributed by atoms with E-state index >= 15 is 0 Å². The molecule has 1 saturated carbocycles. The molecule has 0 aromatic heterocycles. The zero-order chi connectivity index (χ0) is 25.3. The second-order valence-corrected chi connectivity index (χ2v) is 13.5. The molecule has 0 bridgehead atoms. The number of alkyl halides is 2. The lowest BCUT2D eigenvalue weighted by Gasteiger charge is -2.39. The van der Waals surface area contributed by atoms with Gasteiger partial charge in [-0.1, -0.05) is 0 Å². The lowest BCUT2D eigenvalue weighted by Crippen LogP contribution is -2.42. The van der Waals surface area contributed by atoms with Gasteiger partial charge in [0.2, 0.25) is 10.0 Å². The third kappa shape index (κ3) is 6.00. The second-order valence-electron chi connectivity index (χ2n) is 9.42. The summed E-state index contributed by atoms with van der Waals surface area (Å²) in [6.45, 7) is -2.26. The summed E-state index contributed by atoms with van der Waals surface area (Å²) >= 11 is 0. The summed E-state index contributed by atoms with van der Waals surface area (Å²) < 4.78 is 94.6. The average molecular weight is 532 g/mol. The first kappa shape index (κ1) is 26.0. The Labute approximate surface area is 204 Å². The molecule has 1 saturated heterocycles. The van der Waals surface area contributed by atoms with Gasteiger partial charge in [0.1, 0.15) is 11.6 Å². The van der Waals surface area contributed by atoms with Gasteiger partial charge in [-0.2, -0.15) is 13.1 Å². The summed E-state index contributed by atoms with van der Waals surface area (Å²) in [4.78, 5) is 0.157. The summed E-state index contributed by atoms with van der Waals surface area (Å²) in [5.74, 6) is -0.330. The molecule has 1 aliphatic heterocycles. The highest BCUT2D eigenvalue weighted by atomic mass is 32.2. The fraction of sp³-hybridized carbons (Fsp3) is 0.500. The van der Waals surface area contributed by atoms with Gasteiger partial charge < -0.3 is 4.74 Å². The molecule has 2 aliphatic rings. The summed E-state index contributed by atoms with van der Waals surface area (Å²) in [7, 11) is -7.23. The van der Waals surface area contributed by atoms with Crippen LogP contribution >= 0.6 is 0 Å². The van der Waals surface area contributed by atoms with Crippen molar-refractivity contribution in [2.75, 3.05) is 18.8 Å². The first-order valence-electron chi connectivity index (χ1n) is 11.5. The SMILES string of the molecule is O=S(=O)(CCC1CCC2(CCN(S(=O)(=O)c3ccc(OC(F)F)cc3)CC2)C1)c1ccc(F)cc1. The van der Waals surface area contributed by atoms with E-state index in [4.69, 9.17) is 0 Å². The first-order chi connectivity index (χ1) is 16.5. The normalized spacial score (nSPS) is 21.0. The van der Waals surface area contributed by atoms with Crippen molar-refractivity contribution in [3.8, 4) is 5.75 Å². The Balaban J connectivity index is 1.31. The number of piperidine rings is 1.